The molecule has 0 aromatic heterocycles. The number of anilines is 1. The van der Waals surface area contributed by atoms with Crippen molar-refractivity contribution in [2.75, 3.05) is 19.1 Å². The van der Waals surface area contributed by atoms with E-state index in [4.69, 9.17) is 14.6 Å². The van der Waals surface area contributed by atoms with Gasteiger partial charge in [0.15, 0.2) is 0 Å². The third-order valence-electron chi connectivity index (χ3n) is 5.91. The van der Waals surface area contributed by atoms with Gasteiger partial charge < -0.3 is 14.6 Å². The first-order chi connectivity index (χ1) is 17.1. The highest BCUT2D eigenvalue weighted by Gasteiger charge is 2.47. The second-order valence-electron chi connectivity index (χ2n) is 8.19. The molecule has 1 fully saturated rings. The van der Waals surface area contributed by atoms with E-state index in [2.05, 4.69) is 0 Å². The van der Waals surface area contributed by atoms with Gasteiger partial charge in [0.2, 0.25) is 10.0 Å². The van der Waals surface area contributed by atoms with Crippen molar-refractivity contribution in [3.8, 4) is 11.5 Å². The van der Waals surface area contributed by atoms with E-state index in [1.807, 2.05) is 6.92 Å². The molecule has 0 spiro atoms. The van der Waals surface area contributed by atoms with E-state index in [-0.39, 0.29) is 21.7 Å². The van der Waals surface area contributed by atoms with E-state index in [9.17, 15) is 23.1 Å². The zero-order valence-corrected chi connectivity index (χ0v) is 20.6. The van der Waals surface area contributed by atoms with Crippen LogP contribution in [-0.4, -0.2) is 39.4 Å². The number of methoxy groups -OCH3 is 2. The molecule has 9 nitrogen and oxygen atoms in total. The van der Waals surface area contributed by atoms with Gasteiger partial charge in [0.05, 0.1) is 36.3 Å². The van der Waals surface area contributed by atoms with Crippen molar-refractivity contribution >= 4 is 33.2 Å². The first-order valence-corrected chi connectivity index (χ1v) is 12.3. The van der Waals surface area contributed by atoms with Gasteiger partial charge in [-0.3, -0.25) is 14.5 Å². The Balaban J connectivity index is 1.98. The number of benzene rings is 3. The first kappa shape index (κ1) is 25.0. The van der Waals surface area contributed by atoms with E-state index >= 15 is 0 Å². The molecule has 1 aliphatic rings. The summed E-state index contributed by atoms with van der Waals surface area (Å²) in [5, 5.41) is 16.6. The number of nitrogens with two attached hydrogens (primary N) is 1. The van der Waals surface area contributed by atoms with E-state index in [1.54, 1.807) is 42.5 Å². The molecule has 0 radical (unpaired) electrons. The van der Waals surface area contributed by atoms with Crippen LogP contribution in [0.25, 0.3) is 5.76 Å². The summed E-state index contributed by atoms with van der Waals surface area (Å²) in [6.45, 7) is 1.82. The van der Waals surface area contributed by atoms with Crippen molar-refractivity contribution in [1.29, 1.82) is 0 Å². The molecule has 3 N–H and O–H groups in total. The molecule has 0 aliphatic carbocycles. The van der Waals surface area contributed by atoms with Crippen LogP contribution in [0.15, 0.2) is 77.2 Å². The molecule has 36 heavy (non-hydrogen) atoms. The number of aryl methyl sites for hydroxylation is 1. The van der Waals surface area contributed by atoms with Crippen LogP contribution in [0.5, 0.6) is 11.5 Å². The van der Waals surface area contributed by atoms with Gasteiger partial charge in [-0.05, 0) is 61.0 Å². The molecule has 0 bridgehead atoms. The van der Waals surface area contributed by atoms with Crippen LogP contribution < -0.4 is 19.5 Å². The molecule has 0 saturated carbocycles. The second kappa shape index (κ2) is 9.48. The van der Waals surface area contributed by atoms with Gasteiger partial charge in [0.1, 0.15) is 17.3 Å². The smallest absolute Gasteiger partial charge is 0.300 e. The Morgan fingerprint density at radius 2 is 1.67 bits per heavy atom. The van der Waals surface area contributed by atoms with Gasteiger partial charge in [-0.15, -0.1) is 0 Å². The molecule has 3 aromatic rings. The monoisotopic (exact) mass is 508 g/mol. The number of hydrogen-bond donors (Lipinski definition) is 2. The Hall–Kier alpha value is -4.15. The number of aliphatic hydroxyl groups excluding tert-OH is 1. The summed E-state index contributed by atoms with van der Waals surface area (Å²) in [6.07, 6.45) is 0. The van der Waals surface area contributed by atoms with Gasteiger partial charge in [-0.25, -0.2) is 13.6 Å². The predicted octanol–water partition coefficient (Wildman–Crippen LogP) is 3.29. The van der Waals surface area contributed by atoms with Crippen molar-refractivity contribution in [2.24, 2.45) is 5.14 Å². The number of nitrogens with zero attached hydrogens (tertiary/aromatic N) is 1. The fourth-order valence-corrected chi connectivity index (χ4v) is 4.69. The molecular formula is C26H24N2O7S. The van der Waals surface area contributed by atoms with Crippen LogP contribution in [-0.2, 0) is 19.6 Å². The number of hydrogen-bond acceptors (Lipinski definition) is 7. The number of aliphatic hydroxyl groups is 1. The highest BCUT2D eigenvalue weighted by molar-refractivity contribution is 7.89. The fourth-order valence-electron chi connectivity index (χ4n) is 4.17. The summed E-state index contributed by atoms with van der Waals surface area (Å²) in [4.78, 5) is 27.7. The molecular weight excluding hydrogens is 484 g/mol. The molecule has 1 unspecified atom stereocenters. The van der Waals surface area contributed by atoms with Crippen LogP contribution in [0.4, 0.5) is 5.69 Å². The number of Topliss-reactive ketones (excluding diaryl/α,β-unsaturated/α-hetero) is 1. The van der Waals surface area contributed by atoms with Crippen LogP contribution in [0, 0.1) is 6.92 Å². The third-order valence-corrected chi connectivity index (χ3v) is 6.84. The topological polar surface area (TPSA) is 136 Å². The van der Waals surface area contributed by atoms with Crippen LogP contribution >= 0.6 is 0 Å². The lowest BCUT2D eigenvalue weighted by atomic mass is 9.94. The van der Waals surface area contributed by atoms with Crippen molar-refractivity contribution in [2.45, 2.75) is 17.9 Å². The summed E-state index contributed by atoms with van der Waals surface area (Å²) in [7, 11) is -1.04. The maximum atomic E-state index is 13.4. The average molecular weight is 509 g/mol. The second-order valence-corrected chi connectivity index (χ2v) is 9.75. The highest BCUT2D eigenvalue weighted by atomic mass is 32.2. The Morgan fingerprint density at radius 1 is 0.972 bits per heavy atom. The van der Waals surface area contributed by atoms with E-state index in [0.717, 1.165) is 5.56 Å². The van der Waals surface area contributed by atoms with Gasteiger partial charge >= 0.3 is 0 Å². The number of amides is 1. The molecule has 1 amide bonds. The van der Waals surface area contributed by atoms with E-state index in [0.29, 0.717) is 17.1 Å². The Bertz CT molecular complexity index is 1490. The number of carbonyl (C=O) groups is 2. The van der Waals surface area contributed by atoms with Crippen molar-refractivity contribution < 1.29 is 32.6 Å². The van der Waals surface area contributed by atoms with E-state index < -0.39 is 33.5 Å². The lowest BCUT2D eigenvalue weighted by Gasteiger charge is -2.26. The first-order valence-electron chi connectivity index (χ1n) is 10.8. The Morgan fingerprint density at radius 3 is 2.28 bits per heavy atom. The Labute approximate surface area is 208 Å². The molecule has 1 aliphatic heterocycles. The van der Waals surface area contributed by atoms with Gasteiger partial charge in [-0.1, -0.05) is 23.8 Å². The maximum Gasteiger partial charge on any atom is 0.300 e. The SMILES string of the molecule is COc1cccc(C2/C(=C(\O)c3cc(C)ccc3OC)C(=O)C(=O)N2c2ccc(S(N)(=O)=O)cc2)c1. The standard InChI is InChI=1S/C26H24N2O7S/c1-15-7-12-21(35-3)20(13-15)24(29)22-23(16-5-4-6-18(14-16)34-2)28(26(31)25(22)30)17-8-10-19(11-9-17)36(27,32)33/h4-14,23,29H,1-3H3,(H2,27,32,33)/b24-22+. The fraction of sp³-hybridized carbons (Fsp3) is 0.154. The lowest BCUT2D eigenvalue weighted by Crippen LogP contribution is -2.29. The number of sulfonamides is 1. The summed E-state index contributed by atoms with van der Waals surface area (Å²) < 4.78 is 34.1. The van der Waals surface area contributed by atoms with Crippen LogP contribution in [0.3, 0.4) is 0 Å². The minimum atomic E-state index is -3.96. The summed E-state index contributed by atoms with van der Waals surface area (Å²) in [6, 6.07) is 16.1. The Kier molecular flexibility index (Phi) is 6.57. The molecule has 186 valence electrons. The van der Waals surface area contributed by atoms with Crippen LogP contribution in [0.1, 0.15) is 22.7 Å². The van der Waals surface area contributed by atoms with Crippen molar-refractivity contribution in [3.63, 3.8) is 0 Å². The molecule has 1 heterocycles. The highest BCUT2D eigenvalue weighted by Crippen LogP contribution is 2.44. The number of ketones is 1. The quantitative estimate of drug-likeness (QED) is 0.296. The summed E-state index contributed by atoms with van der Waals surface area (Å²) >= 11 is 0. The number of primary sulfonamides is 1. The van der Waals surface area contributed by atoms with E-state index in [1.165, 1.54) is 43.4 Å². The average Bonchev–Trinajstić information content (AvgIpc) is 3.13. The van der Waals surface area contributed by atoms with Crippen LogP contribution in [0.2, 0.25) is 0 Å². The molecule has 4 rings (SSSR count). The number of carbonyl (C=O) groups excluding carboxylic acids is 2. The molecule has 1 saturated heterocycles. The number of rotatable bonds is 6. The predicted molar refractivity (Wildman–Crippen MR) is 133 cm³/mol. The minimum absolute atomic E-state index is 0.146. The largest absolute Gasteiger partial charge is 0.507 e. The van der Waals surface area contributed by atoms with Gasteiger partial charge in [0, 0.05) is 5.69 Å². The summed E-state index contributed by atoms with van der Waals surface area (Å²) in [5.41, 5.74) is 1.66. The third kappa shape index (κ3) is 4.43. The van der Waals surface area contributed by atoms with Crippen molar-refractivity contribution in [3.05, 3.63) is 89.0 Å². The molecule has 3 aromatic carbocycles. The summed E-state index contributed by atoms with van der Waals surface area (Å²) in [5.74, 6) is -1.38. The maximum absolute atomic E-state index is 13.4. The van der Waals surface area contributed by atoms with Gasteiger partial charge in [-0.2, -0.15) is 0 Å². The lowest BCUT2D eigenvalue weighted by molar-refractivity contribution is -0.132. The van der Waals surface area contributed by atoms with Crippen molar-refractivity contribution in [1.82, 2.24) is 0 Å². The zero-order chi connectivity index (χ0) is 26.2. The minimum Gasteiger partial charge on any atom is -0.507 e. The molecule has 10 heteroatoms. The normalized spacial score (nSPS) is 17.3. The zero-order valence-electron chi connectivity index (χ0n) is 19.8. The van der Waals surface area contributed by atoms with Gasteiger partial charge in [0.25, 0.3) is 11.7 Å². The molecule has 1 atom stereocenters. The number of ether oxygens (including phenoxy) is 2.